The van der Waals surface area contributed by atoms with Gasteiger partial charge in [-0.05, 0) is 42.5 Å². The van der Waals surface area contributed by atoms with E-state index in [2.05, 4.69) is 21.3 Å². The number of hydrogen-bond donors (Lipinski definition) is 4. The average molecular weight is 505 g/mol. The zero-order chi connectivity index (χ0) is 23.2. The third-order valence-corrected chi connectivity index (χ3v) is 4.54. The predicted octanol–water partition coefficient (Wildman–Crippen LogP) is 3.97. The van der Waals surface area contributed by atoms with Crippen LogP contribution in [0, 0.1) is 10.1 Å². The number of carbonyl (C=O) groups excluding carboxylic acids is 2. The summed E-state index contributed by atoms with van der Waals surface area (Å²) in [6.45, 7) is 1.39. The Bertz CT molecular complexity index is 998. The van der Waals surface area contributed by atoms with Crippen LogP contribution in [0.4, 0.5) is 17.1 Å². The summed E-state index contributed by atoms with van der Waals surface area (Å²) in [6.07, 6.45) is -1.26. The molecule has 0 saturated heterocycles. The molecule has 0 aromatic heterocycles. The van der Waals surface area contributed by atoms with Gasteiger partial charge in [-0.15, -0.1) is 0 Å². The molecule has 0 unspecified atom stereocenters. The van der Waals surface area contributed by atoms with Crippen molar-refractivity contribution in [3.63, 3.8) is 0 Å². The molecule has 2 amide bonds. The van der Waals surface area contributed by atoms with Gasteiger partial charge >= 0.3 is 0 Å². The van der Waals surface area contributed by atoms with E-state index in [-0.39, 0.29) is 22.3 Å². The first-order valence-electron chi connectivity index (χ1n) is 8.53. The van der Waals surface area contributed by atoms with Crippen molar-refractivity contribution in [3.05, 3.63) is 64.2 Å². The van der Waals surface area contributed by atoms with Crippen LogP contribution in [0.1, 0.15) is 17.3 Å². The lowest BCUT2D eigenvalue weighted by Gasteiger charge is -2.27. The summed E-state index contributed by atoms with van der Waals surface area (Å²) >= 11 is 23.0. The quantitative estimate of drug-likeness (QED) is 0.154. The molecule has 2 aromatic rings. The van der Waals surface area contributed by atoms with Gasteiger partial charge in [0.25, 0.3) is 11.6 Å². The van der Waals surface area contributed by atoms with Crippen molar-refractivity contribution >= 4 is 81.0 Å². The molecular weight excluding hydrogens is 489 g/mol. The molecule has 164 valence electrons. The number of amides is 2. The number of non-ortho nitro benzene ring substituents is 1. The highest BCUT2D eigenvalue weighted by molar-refractivity contribution is 7.80. The maximum atomic E-state index is 12.5. The molecule has 4 N–H and O–H groups in total. The first kappa shape index (κ1) is 24.6. The number of alkyl halides is 3. The fourth-order valence-corrected chi connectivity index (χ4v) is 2.88. The Hall–Kier alpha value is -2.66. The number of thiocarbonyl (C=S) groups is 1. The minimum atomic E-state index is -2.00. The van der Waals surface area contributed by atoms with E-state index in [1.54, 1.807) is 24.3 Å². The number of nitrogens with one attached hydrogen (secondary N) is 4. The Morgan fingerprint density at radius 1 is 1.03 bits per heavy atom. The SMILES string of the molecule is CC(=O)Nc1ccc(NC(=S)N[C@H](NC(=O)c2cccc([N+](=O)[O-])c2)C(Cl)(Cl)Cl)cc1. The summed E-state index contributed by atoms with van der Waals surface area (Å²) < 4.78 is -2.00. The standard InChI is InChI=1S/C18H16Cl3N5O4S/c1-10(27)22-12-5-7-13(8-6-12)23-17(31)25-16(18(19,20)21)24-15(28)11-3-2-4-14(9-11)26(29)30/h2-9,16H,1H3,(H,22,27)(H,24,28)(H2,23,25,31)/t16-/m0/s1. The molecule has 0 radical (unpaired) electrons. The van der Waals surface area contributed by atoms with Crippen LogP contribution in [0.15, 0.2) is 48.5 Å². The van der Waals surface area contributed by atoms with E-state index in [4.69, 9.17) is 47.0 Å². The first-order valence-corrected chi connectivity index (χ1v) is 10.1. The van der Waals surface area contributed by atoms with Crippen molar-refractivity contribution in [3.8, 4) is 0 Å². The van der Waals surface area contributed by atoms with Crippen LogP contribution in [-0.4, -0.2) is 31.8 Å². The minimum absolute atomic E-state index is 0.00249. The molecule has 0 heterocycles. The van der Waals surface area contributed by atoms with Gasteiger partial charge in [-0.3, -0.25) is 19.7 Å². The van der Waals surface area contributed by atoms with Crippen molar-refractivity contribution in [2.24, 2.45) is 0 Å². The van der Waals surface area contributed by atoms with Crippen molar-refractivity contribution in [1.82, 2.24) is 10.6 Å². The molecule has 0 spiro atoms. The van der Waals surface area contributed by atoms with Gasteiger partial charge in [0.2, 0.25) is 9.70 Å². The molecule has 1 atom stereocenters. The predicted molar refractivity (Wildman–Crippen MR) is 125 cm³/mol. The number of rotatable bonds is 6. The van der Waals surface area contributed by atoms with Crippen LogP contribution in [0.3, 0.4) is 0 Å². The Balaban J connectivity index is 2.06. The maximum absolute atomic E-state index is 12.5. The monoisotopic (exact) mass is 503 g/mol. The molecule has 0 aliphatic rings. The number of anilines is 2. The van der Waals surface area contributed by atoms with Crippen molar-refractivity contribution in [2.75, 3.05) is 10.6 Å². The molecule has 0 aliphatic heterocycles. The van der Waals surface area contributed by atoms with E-state index >= 15 is 0 Å². The Labute approximate surface area is 197 Å². The Kier molecular flexibility index (Phi) is 8.40. The van der Waals surface area contributed by atoms with E-state index < -0.39 is 20.8 Å². The largest absolute Gasteiger partial charge is 0.339 e. The second kappa shape index (κ2) is 10.6. The molecule has 2 aromatic carbocycles. The molecule has 0 bridgehead atoms. The third kappa shape index (κ3) is 7.83. The number of benzene rings is 2. The number of nitro benzene ring substituents is 1. The van der Waals surface area contributed by atoms with Crippen LogP contribution in [0.5, 0.6) is 0 Å². The lowest BCUT2D eigenvalue weighted by Crippen LogP contribution is -2.56. The van der Waals surface area contributed by atoms with Crippen molar-refractivity contribution in [2.45, 2.75) is 16.9 Å². The third-order valence-electron chi connectivity index (χ3n) is 3.66. The lowest BCUT2D eigenvalue weighted by molar-refractivity contribution is -0.384. The van der Waals surface area contributed by atoms with Crippen LogP contribution in [0.25, 0.3) is 0 Å². The summed E-state index contributed by atoms with van der Waals surface area (Å²) in [5, 5.41) is 21.5. The molecule has 2 rings (SSSR count). The van der Waals surface area contributed by atoms with Gasteiger partial charge < -0.3 is 21.3 Å². The molecule has 13 heteroatoms. The summed E-state index contributed by atoms with van der Waals surface area (Å²) in [5.74, 6) is -0.919. The first-order chi connectivity index (χ1) is 14.5. The zero-order valence-corrected chi connectivity index (χ0v) is 18.9. The lowest BCUT2D eigenvalue weighted by atomic mass is 10.2. The second-order valence-electron chi connectivity index (χ2n) is 6.11. The van der Waals surface area contributed by atoms with Gasteiger partial charge in [0.1, 0.15) is 6.17 Å². The van der Waals surface area contributed by atoms with Gasteiger partial charge in [-0.1, -0.05) is 40.9 Å². The highest BCUT2D eigenvalue weighted by atomic mass is 35.6. The highest BCUT2D eigenvalue weighted by Gasteiger charge is 2.35. The van der Waals surface area contributed by atoms with Gasteiger partial charge in [0.15, 0.2) is 5.11 Å². The van der Waals surface area contributed by atoms with Crippen molar-refractivity contribution in [1.29, 1.82) is 0 Å². The van der Waals surface area contributed by atoms with Crippen LogP contribution in [-0.2, 0) is 4.79 Å². The summed E-state index contributed by atoms with van der Waals surface area (Å²) in [4.78, 5) is 33.8. The topological polar surface area (TPSA) is 125 Å². The normalized spacial score (nSPS) is 11.7. The molecule has 0 aliphatic carbocycles. The Morgan fingerprint density at radius 3 is 2.13 bits per heavy atom. The smallest absolute Gasteiger partial charge is 0.270 e. The van der Waals surface area contributed by atoms with Crippen LogP contribution < -0.4 is 21.3 Å². The molecular formula is C18H16Cl3N5O4S. The van der Waals surface area contributed by atoms with Crippen molar-refractivity contribution < 1.29 is 14.5 Å². The number of halogens is 3. The van der Waals surface area contributed by atoms with Gasteiger partial charge in [0.05, 0.1) is 4.92 Å². The fourth-order valence-electron chi connectivity index (χ4n) is 2.31. The maximum Gasteiger partial charge on any atom is 0.270 e. The van der Waals surface area contributed by atoms with E-state index in [1.807, 2.05) is 0 Å². The highest BCUT2D eigenvalue weighted by Crippen LogP contribution is 2.29. The zero-order valence-electron chi connectivity index (χ0n) is 15.8. The van der Waals surface area contributed by atoms with Crippen LogP contribution in [0.2, 0.25) is 0 Å². The molecule has 9 nitrogen and oxygen atoms in total. The summed E-state index contributed by atoms with van der Waals surface area (Å²) in [7, 11) is 0. The average Bonchev–Trinajstić information content (AvgIpc) is 2.68. The van der Waals surface area contributed by atoms with E-state index in [0.29, 0.717) is 11.4 Å². The Morgan fingerprint density at radius 2 is 1.61 bits per heavy atom. The fraction of sp³-hybridized carbons (Fsp3) is 0.167. The van der Waals surface area contributed by atoms with Crippen LogP contribution >= 0.6 is 47.0 Å². The van der Waals surface area contributed by atoms with Gasteiger partial charge in [0, 0.05) is 36.0 Å². The summed E-state index contributed by atoms with van der Waals surface area (Å²) in [5.41, 5.74) is 0.911. The number of nitro groups is 1. The summed E-state index contributed by atoms with van der Waals surface area (Å²) in [6, 6.07) is 11.7. The molecule has 0 fully saturated rings. The van der Waals surface area contributed by atoms with E-state index in [1.165, 1.54) is 25.1 Å². The number of nitrogens with zero attached hydrogens (tertiary/aromatic N) is 1. The van der Waals surface area contributed by atoms with Gasteiger partial charge in [-0.25, -0.2) is 0 Å². The molecule has 0 saturated carbocycles. The second-order valence-corrected chi connectivity index (χ2v) is 8.89. The molecule has 31 heavy (non-hydrogen) atoms. The van der Waals surface area contributed by atoms with E-state index in [0.717, 1.165) is 6.07 Å². The number of hydrogen-bond acceptors (Lipinski definition) is 5. The minimum Gasteiger partial charge on any atom is -0.339 e. The number of carbonyl (C=O) groups is 2. The van der Waals surface area contributed by atoms with Gasteiger partial charge in [-0.2, -0.15) is 0 Å². The van der Waals surface area contributed by atoms with E-state index in [9.17, 15) is 19.7 Å².